The van der Waals surface area contributed by atoms with Gasteiger partial charge in [0.2, 0.25) is 0 Å². The Kier molecular flexibility index (Phi) is 5.47. The summed E-state index contributed by atoms with van der Waals surface area (Å²) >= 11 is 0. The number of unbranched alkanes of at least 4 members (excludes halogenated alkanes) is 1. The van der Waals surface area contributed by atoms with E-state index in [0.29, 0.717) is 5.92 Å². The van der Waals surface area contributed by atoms with Crippen LogP contribution in [0.1, 0.15) is 44.9 Å². The zero-order valence-corrected chi connectivity index (χ0v) is 9.02. The second-order valence-corrected chi connectivity index (χ2v) is 4.25. The van der Waals surface area contributed by atoms with E-state index in [0.717, 1.165) is 44.9 Å². The average molecular weight is 216 g/mol. The second kappa shape index (κ2) is 6.67. The van der Waals surface area contributed by atoms with Gasteiger partial charge in [-0.3, -0.25) is 0 Å². The van der Waals surface area contributed by atoms with Crippen LogP contribution in [0.4, 0.5) is 4.79 Å². The summed E-state index contributed by atoms with van der Waals surface area (Å²) in [5, 5.41) is 17.1. The van der Waals surface area contributed by atoms with E-state index in [-0.39, 0.29) is 12.7 Å². The molecule has 0 saturated heterocycles. The van der Waals surface area contributed by atoms with Crippen LogP contribution in [0.3, 0.4) is 0 Å². The van der Waals surface area contributed by atoms with Crippen molar-refractivity contribution in [2.24, 2.45) is 5.92 Å². The van der Waals surface area contributed by atoms with Crippen LogP contribution in [-0.4, -0.2) is 29.1 Å². The molecule has 0 aromatic rings. The Bertz CT molecular complexity index is 185. The predicted octanol–water partition coefficient (Wildman–Crippen LogP) is 2.40. The highest BCUT2D eigenvalue weighted by Gasteiger charge is 2.23. The summed E-state index contributed by atoms with van der Waals surface area (Å²) in [5.74, 6) is 0.699. The second-order valence-electron chi connectivity index (χ2n) is 4.25. The Morgan fingerprint density at radius 1 is 1.20 bits per heavy atom. The first-order valence-electron chi connectivity index (χ1n) is 5.73. The molecular weight excluding hydrogens is 196 g/mol. The van der Waals surface area contributed by atoms with E-state index in [1.165, 1.54) is 0 Å². The first-order chi connectivity index (χ1) is 7.22. The fraction of sp³-hybridized carbons (Fsp3) is 0.909. The maximum atomic E-state index is 10.3. The molecule has 15 heavy (non-hydrogen) atoms. The standard InChI is InChI=1S/C11H20O4/c12-8-2-1-3-9-4-6-10(7-5-9)15-11(13)14/h9-10,12H,1-8H2,(H,13,14)/t9-,10-. The third kappa shape index (κ3) is 5.02. The first kappa shape index (κ1) is 12.3. The topological polar surface area (TPSA) is 66.8 Å². The molecule has 1 fully saturated rings. The van der Waals surface area contributed by atoms with Crippen molar-refractivity contribution >= 4 is 6.16 Å². The van der Waals surface area contributed by atoms with Crippen molar-refractivity contribution in [3.63, 3.8) is 0 Å². The Morgan fingerprint density at radius 2 is 1.87 bits per heavy atom. The normalized spacial score (nSPS) is 26.2. The molecule has 0 radical (unpaired) electrons. The summed E-state index contributed by atoms with van der Waals surface area (Å²) in [6.07, 6.45) is 5.70. The van der Waals surface area contributed by atoms with Gasteiger partial charge in [-0.2, -0.15) is 0 Å². The summed E-state index contributed by atoms with van der Waals surface area (Å²) in [4.78, 5) is 10.3. The molecule has 0 heterocycles. The molecule has 1 aliphatic carbocycles. The SMILES string of the molecule is O=C(O)O[C@H]1CC[C@H](CCCCO)CC1. The molecule has 1 rings (SSSR count). The fourth-order valence-electron chi connectivity index (χ4n) is 2.23. The van der Waals surface area contributed by atoms with Crippen LogP contribution >= 0.6 is 0 Å². The minimum atomic E-state index is -1.15. The summed E-state index contributed by atoms with van der Waals surface area (Å²) in [6.45, 7) is 0.275. The molecule has 0 aromatic carbocycles. The van der Waals surface area contributed by atoms with Gasteiger partial charge in [0.25, 0.3) is 0 Å². The minimum Gasteiger partial charge on any atom is -0.450 e. The molecule has 1 saturated carbocycles. The largest absolute Gasteiger partial charge is 0.506 e. The highest BCUT2D eigenvalue weighted by atomic mass is 16.7. The molecule has 4 heteroatoms. The molecule has 88 valence electrons. The molecule has 0 aromatic heterocycles. The lowest BCUT2D eigenvalue weighted by atomic mass is 9.84. The van der Waals surface area contributed by atoms with Crippen LogP contribution in [-0.2, 0) is 4.74 Å². The van der Waals surface area contributed by atoms with Crippen molar-refractivity contribution in [2.75, 3.05) is 6.61 Å². The van der Waals surface area contributed by atoms with Crippen LogP contribution in [0.2, 0.25) is 0 Å². The maximum Gasteiger partial charge on any atom is 0.506 e. The lowest BCUT2D eigenvalue weighted by molar-refractivity contribution is 0.0274. The van der Waals surface area contributed by atoms with E-state index < -0.39 is 6.16 Å². The van der Waals surface area contributed by atoms with Crippen molar-refractivity contribution < 1.29 is 19.7 Å². The third-order valence-corrected chi connectivity index (χ3v) is 3.08. The quantitative estimate of drug-likeness (QED) is 0.547. The number of carbonyl (C=O) groups is 1. The molecule has 0 unspecified atom stereocenters. The Morgan fingerprint density at radius 3 is 2.40 bits per heavy atom. The number of aliphatic hydroxyl groups excluding tert-OH is 1. The van der Waals surface area contributed by atoms with Crippen molar-refractivity contribution in [2.45, 2.75) is 51.0 Å². The van der Waals surface area contributed by atoms with Gasteiger partial charge in [0.1, 0.15) is 6.10 Å². The van der Waals surface area contributed by atoms with E-state index >= 15 is 0 Å². The molecule has 1 aliphatic rings. The third-order valence-electron chi connectivity index (χ3n) is 3.08. The van der Waals surface area contributed by atoms with Crippen molar-refractivity contribution in [3.8, 4) is 0 Å². The molecule has 0 atom stereocenters. The lowest BCUT2D eigenvalue weighted by Gasteiger charge is -2.27. The summed E-state index contributed by atoms with van der Waals surface area (Å²) in [5.41, 5.74) is 0. The predicted molar refractivity (Wildman–Crippen MR) is 55.8 cm³/mol. The van der Waals surface area contributed by atoms with Gasteiger partial charge in [-0.1, -0.05) is 12.8 Å². The Labute approximate surface area is 90.2 Å². The van der Waals surface area contributed by atoms with Gasteiger partial charge in [0, 0.05) is 6.61 Å². The molecule has 4 nitrogen and oxygen atoms in total. The van der Waals surface area contributed by atoms with Crippen molar-refractivity contribution in [1.29, 1.82) is 0 Å². The zero-order chi connectivity index (χ0) is 11.1. The van der Waals surface area contributed by atoms with E-state index in [1.54, 1.807) is 0 Å². The van der Waals surface area contributed by atoms with E-state index in [2.05, 4.69) is 0 Å². The lowest BCUT2D eigenvalue weighted by Crippen LogP contribution is -2.23. The smallest absolute Gasteiger partial charge is 0.450 e. The van der Waals surface area contributed by atoms with Gasteiger partial charge < -0.3 is 14.9 Å². The Hall–Kier alpha value is -0.770. The van der Waals surface area contributed by atoms with Crippen molar-refractivity contribution in [3.05, 3.63) is 0 Å². The number of hydrogen-bond acceptors (Lipinski definition) is 3. The average Bonchev–Trinajstić information content (AvgIpc) is 2.20. The Balaban J connectivity index is 2.10. The summed E-state index contributed by atoms with van der Waals surface area (Å²) in [6, 6.07) is 0. The number of rotatable bonds is 5. The number of hydrogen-bond donors (Lipinski definition) is 2. The van der Waals surface area contributed by atoms with Gasteiger partial charge in [-0.15, -0.1) is 0 Å². The van der Waals surface area contributed by atoms with Crippen molar-refractivity contribution in [1.82, 2.24) is 0 Å². The van der Waals surface area contributed by atoms with Gasteiger partial charge in [-0.05, 0) is 38.0 Å². The van der Waals surface area contributed by atoms with Gasteiger partial charge in [-0.25, -0.2) is 4.79 Å². The van der Waals surface area contributed by atoms with Gasteiger partial charge in [0.05, 0.1) is 0 Å². The number of carboxylic acid groups (broad SMARTS) is 1. The molecular formula is C11H20O4. The molecule has 0 amide bonds. The molecule has 0 aliphatic heterocycles. The molecule has 0 bridgehead atoms. The van der Waals surface area contributed by atoms with Crippen LogP contribution in [0.25, 0.3) is 0 Å². The maximum absolute atomic E-state index is 10.3. The minimum absolute atomic E-state index is 0.0865. The molecule has 0 spiro atoms. The summed E-state index contributed by atoms with van der Waals surface area (Å²) in [7, 11) is 0. The molecule has 2 N–H and O–H groups in total. The summed E-state index contributed by atoms with van der Waals surface area (Å²) < 4.78 is 4.74. The van der Waals surface area contributed by atoms with Crippen LogP contribution in [0, 0.1) is 5.92 Å². The number of ether oxygens (including phenoxy) is 1. The van der Waals surface area contributed by atoms with E-state index in [9.17, 15) is 4.79 Å². The highest BCUT2D eigenvalue weighted by Crippen LogP contribution is 2.29. The highest BCUT2D eigenvalue weighted by molar-refractivity contribution is 5.57. The first-order valence-corrected chi connectivity index (χ1v) is 5.73. The van der Waals surface area contributed by atoms with Crippen LogP contribution in [0.15, 0.2) is 0 Å². The van der Waals surface area contributed by atoms with Crippen LogP contribution < -0.4 is 0 Å². The van der Waals surface area contributed by atoms with Gasteiger partial charge in [0.15, 0.2) is 0 Å². The number of aliphatic hydroxyl groups is 1. The van der Waals surface area contributed by atoms with Crippen LogP contribution in [0.5, 0.6) is 0 Å². The van der Waals surface area contributed by atoms with Gasteiger partial charge >= 0.3 is 6.16 Å². The fourth-order valence-corrected chi connectivity index (χ4v) is 2.23. The monoisotopic (exact) mass is 216 g/mol. The van der Waals surface area contributed by atoms with E-state index in [1.807, 2.05) is 0 Å². The van der Waals surface area contributed by atoms with E-state index in [4.69, 9.17) is 14.9 Å². The zero-order valence-electron chi connectivity index (χ0n) is 9.02.